The highest BCUT2D eigenvalue weighted by Gasteiger charge is 2.14. The number of carbonyl (C=O) groups excluding carboxylic acids is 2. The van der Waals surface area contributed by atoms with E-state index in [2.05, 4.69) is 15.5 Å². The van der Waals surface area contributed by atoms with Crippen molar-refractivity contribution in [1.82, 2.24) is 10.2 Å². The second-order valence-corrected chi connectivity index (χ2v) is 5.26. The molecule has 0 saturated carbocycles. The molecule has 0 atom stereocenters. The largest absolute Gasteiger partial charge is 0.399 e. The van der Waals surface area contributed by atoms with Crippen LogP contribution in [0.5, 0.6) is 0 Å². The molecule has 0 bridgehead atoms. The van der Waals surface area contributed by atoms with E-state index in [1.165, 1.54) is 0 Å². The van der Waals surface area contributed by atoms with Crippen LogP contribution in [0.1, 0.15) is 19.3 Å². The average molecular weight is 290 g/mol. The monoisotopic (exact) mass is 290 g/mol. The van der Waals surface area contributed by atoms with Gasteiger partial charge < -0.3 is 16.4 Å². The van der Waals surface area contributed by atoms with Crippen LogP contribution in [0.15, 0.2) is 24.3 Å². The molecule has 1 heterocycles. The Hall–Kier alpha value is -2.08. The molecule has 1 fully saturated rings. The van der Waals surface area contributed by atoms with E-state index in [9.17, 15) is 9.59 Å². The van der Waals surface area contributed by atoms with Gasteiger partial charge >= 0.3 is 0 Å². The summed E-state index contributed by atoms with van der Waals surface area (Å²) in [5.74, 6) is 0.0385. The van der Waals surface area contributed by atoms with E-state index in [-0.39, 0.29) is 11.8 Å². The van der Waals surface area contributed by atoms with Gasteiger partial charge in [-0.15, -0.1) is 0 Å². The maximum Gasteiger partial charge on any atom is 0.234 e. The van der Waals surface area contributed by atoms with Crippen LogP contribution in [0.25, 0.3) is 0 Å². The number of hydrogen-bond acceptors (Lipinski definition) is 4. The topological polar surface area (TPSA) is 87.5 Å². The Morgan fingerprint density at radius 1 is 1.43 bits per heavy atom. The Balaban J connectivity index is 1.70. The molecule has 6 nitrogen and oxygen atoms in total. The number of nitrogens with two attached hydrogens (primary N) is 1. The SMILES string of the molecule is Nc1cccc(NC(=O)CCCN2CCCNC(=O)C2)c1. The molecule has 0 unspecified atom stereocenters. The van der Waals surface area contributed by atoms with Crippen molar-refractivity contribution in [2.24, 2.45) is 0 Å². The van der Waals surface area contributed by atoms with Gasteiger partial charge in [-0.1, -0.05) is 6.07 Å². The minimum absolute atomic E-state index is 0.0279. The number of amides is 2. The molecule has 4 N–H and O–H groups in total. The van der Waals surface area contributed by atoms with E-state index >= 15 is 0 Å². The predicted molar refractivity (Wildman–Crippen MR) is 82.8 cm³/mol. The minimum Gasteiger partial charge on any atom is -0.399 e. The van der Waals surface area contributed by atoms with Crippen LogP contribution in [-0.2, 0) is 9.59 Å². The van der Waals surface area contributed by atoms with E-state index in [0.717, 1.165) is 32.5 Å². The molecule has 2 rings (SSSR count). The summed E-state index contributed by atoms with van der Waals surface area (Å²) in [5, 5.41) is 5.66. The first-order valence-corrected chi connectivity index (χ1v) is 7.28. The van der Waals surface area contributed by atoms with Crippen molar-refractivity contribution >= 4 is 23.2 Å². The standard InChI is InChI=1S/C15H22N4O2/c16-12-4-1-5-13(10-12)18-14(20)6-2-8-19-9-3-7-17-15(21)11-19/h1,4-5,10H,2-3,6-9,11,16H2,(H,17,21)(H,18,20). The van der Waals surface area contributed by atoms with Crippen molar-refractivity contribution in [1.29, 1.82) is 0 Å². The van der Waals surface area contributed by atoms with Crippen molar-refractivity contribution in [2.75, 3.05) is 37.2 Å². The van der Waals surface area contributed by atoms with Gasteiger partial charge in [-0.3, -0.25) is 14.5 Å². The van der Waals surface area contributed by atoms with Gasteiger partial charge in [-0.05, 0) is 37.6 Å². The van der Waals surface area contributed by atoms with E-state index in [1.807, 2.05) is 6.07 Å². The molecule has 1 aromatic carbocycles. The third-order valence-electron chi connectivity index (χ3n) is 3.39. The first-order valence-electron chi connectivity index (χ1n) is 7.28. The quantitative estimate of drug-likeness (QED) is 0.700. The fourth-order valence-corrected chi connectivity index (χ4v) is 2.36. The molecular weight excluding hydrogens is 268 g/mol. The van der Waals surface area contributed by atoms with Crippen LogP contribution in [0.4, 0.5) is 11.4 Å². The van der Waals surface area contributed by atoms with Crippen molar-refractivity contribution in [2.45, 2.75) is 19.3 Å². The molecule has 1 aromatic rings. The number of rotatable bonds is 5. The minimum atomic E-state index is -0.0279. The summed E-state index contributed by atoms with van der Waals surface area (Å²) in [6, 6.07) is 7.13. The van der Waals surface area contributed by atoms with Crippen LogP contribution in [-0.4, -0.2) is 42.9 Å². The maximum absolute atomic E-state index is 11.8. The first kappa shape index (κ1) is 15.3. The van der Waals surface area contributed by atoms with E-state index in [0.29, 0.717) is 24.3 Å². The summed E-state index contributed by atoms with van der Waals surface area (Å²) in [4.78, 5) is 25.4. The average Bonchev–Trinajstić information content (AvgIpc) is 2.63. The number of nitrogens with one attached hydrogen (secondary N) is 2. The summed E-state index contributed by atoms with van der Waals surface area (Å²) in [7, 11) is 0. The number of carbonyl (C=O) groups is 2. The van der Waals surface area contributed by atoms with Gasteiger partial charge in [0.25, 0.3) is 0 Å². The Labute approximate surface area is 124 Å². The first-order chi connectivity index (χ1) is 10.1. The Kier molecular flexibility index (Phi) is 5.57. The van der Waals surface area contributed by atoms with E-state index < -0.39 is 0 Å². The predicted octanol–water partition coefficient (Wildman–Crippen LogP) is 0.809. The molecule has 114 valence electrons. The van der Waals surface area contributed by atoms with Crippen LogP contribution >= 0.6 is 0 Å². The second kappa shape index (κ2) is 7.64. The van der Waals surface area contributed by atoms with Gasteiger partial charge in [-0.25, -0.2) is 0 Å². The van der Waals surface area contributed by atoms with Gasteiger partial charge in [0.1, 0.15) is 0 Å². The van der Waals surface area contributed by atoms with E-state index in [1.54, 1.807) is 18.2 Å². The zero-order valence-electron chi connectivity index (χ0n) is 12.1. The van der Waals surface area contributed by atoms with Gasteiger partial charge in [0.2, 0.25) is 11.8 Å². The van der Waals surface area contributed by atoms with Crippen LogP contribution in [0.2, 0.25) is 0 Å². The number of nitrogens with zero attached hydrogens (tertiary/aromatic N) is 1. The molecular formula is C15H22N4O2. The maximum atomic E-state index is 11.8. The third-order valence-corrected chi connectivity index (χ3v) is 3.39. The molecule has 0 aliphatic carbocycles. The number of nitrogen functional groups attached to an aromatic ring is 1. The Morgan fingerprint density at radius 2 is 2.29 bits per heavy atom. The third kappa shape index (κ3) is 5.43. The highest BCUT2D eigenvalue weighted by atomic mass is 16.2. The summed E-state index contributed by atoms with van der Waals surface area (Å²) < 4.78 is 0. The van der Waals surface area contributed by atoms with Gasteiger partial charge in [0.15, 0.2) is 0 Å². The fourth-order valence-electron chi connectivity index (χ4n) is 2.36. The molecule has 0 radical (unpaired) electrons. The van der Waals surface area contributed by atoms with Crippen molar-refractivity contribution < 1.29 is 9.59 Å². The van der Waals surface area contributed by atoms with Crippen molar-refractivity contribution in [3.05, 3.63) is 24.3 Å². The van der Waals surface area contributed by atoms with Crippen molar-refractivity contribution in [3.8, 4) is 0 Å². The highest BCUT2D eigenvalue weighted by molar-refractivity contribution is 5.91. The van der Waals surface area contributed by atoms with E-state index in [4.69, 9.17) is 5.73 Å². The lowest BCUT2D eigenvalue weighted by Crippen LogP contribution is -2.33. The Bertz CT molecular complexity index is 504. The molecule has 0 aromatic heterocycles. The van der Waals surface area contributed by atoms with Gasteiger partial charge in [0.05, 0.1) is 6.54 Å². The lowest BCUT2D eigenvalue weighted by atomic mass is 10.2. The lowest BCUT2D eigenvalue weighted by molar-refractivity contribution is -0.121. The van der Waals surface area contributed by atoms with Gasteiger partial charge in [-0.2, -0.15) is 0 Å². The molecule has 1 aliphatic heterocycles. The Morgan fingerprint density at radius 3 is 3.10 bits per heavy atom. The molecule has 2 amide bonds. The number of hydrogen-bond donors (Lipinski definition) is 3. The smallest absolute Gasteiger partial charge is 0.234 e. The summed E-state index contributed by atoms with van der Waals surface area (Å²) in [6.07, 6.45) is 2.13. The molecule has 1 aliphatic rings. The normalized spacial score (nSPS) is 16.1. The van der Waals surface area contributed by atoms with Crippen molar-refractivity contribution in [3.63, 3.8) is 0 Å². The zero-order valence-corrected chi connectivity index (χ0v) is 12.1. The van der Waals surface area contributed by atoms with Crippen LogP contribution < -0.4 is 16.4 Å². The summed E-state index contributed by atoms with van der Waals surface area (Å²) in [5.41, 5.74) is 7.01. The highest BCUT2D eigenvalue weighted by Crippen LogP contribution is 2.12. The van der Waals surface area contributed by atoms with Gasteiger partial charge in [0, 0.05) is 30.9 Å². The molecule has 0 spiro atoms. The van der Waals surface area contributed by atoms with Crippen LogP contribution in [0.3, 0.4) is 0 Å². The molecule has 21 heavy (non-hydrogen) atoms. The summed E-state index contributed by atoms with van der Waals surface area (Å²) >= 11 is 0. The molecule has 1 saturated heterocycles. The number of benzene rings is 1. The fraction of sp³-hybridized carbons (Fsp3) is 0.467. The lowest BCUT2D eigenvalue weighted by Gasteiger charge is -2.17. The molecule has 6 heteroatoms. The summed E-state index contributed by atoms with van der Waals surface area (Å²) in [6.45, 7) is 2.83. The number of anilines is 2. The zero-order chi connectivity index (χ0) is 15.1. The van der Waals surface area contributed by atoms with Crippen LogP contribution in [0, 0.1) is 0 Å². The second-order valence-electron chi connectivity index (χ2n) is 5.26.